The molecule has 2 heterocycles. The van der Waals surface area contributed by atoms with Gasteiger partial charge in [0.05, 0.1) is 21.2 Å². The van der Waals surface area contributed by atoms with E-state index < -0.39 is 20.3 Å². The fourth-order valence-corrected chi connectivity index (χ4v) is 13.6. The van der Waals surface area contributed by atoms with Gasteiger partial charge in [-0.1, -0.05) is 239 Å². The third kappa shape index (κ3) is 20.8. The number of rotatable bonds is 35. The first-order valence-corrected chi connectivity index (χ1v) is 37.1. The number of halogens is 4. The van der Waals surface area contributed by atoms with E-state index in [2.05, 4.69) is 70.7 Å². The Kier molecular flexibility index (Phi) is 29.5. The van der Waals surface area contributed by atoms with Gasteiger partial charge in [0.2, 0.25) is 0 Å². The summed E-state index contributed by atoms with van der Waals surface area (Å²) in [5, 5.41) is 43.5. The lowest BCUT2D eigenvalue weighted by molar-refractivity contribution is 0.0685. The first kappa shape index (κ1) is 73.5. The molecule has 0 aliphatic carbocycles. The van der Waals surface area contributed by atoms with Crippen molar-refractivity contribution in [3.63, 3.8) is 0 Å². The first-order chi connectivity index (χ1) is 43.0. The summed E-state index contributed by atoms with van der Waals surface area (Å²) in [5.74, 6) is -0.566. The molecule has 0 saturated heterocycles. The molecule has 0 aliphatic rings. The third-order valence-electron chi connectivity index (χ3n) is 17.8. The van der Waals surface area contributed by atoms with E-state index in [1.165, 1.54) is 6.07 Å². The molecule has 7 aromatic rings. The van der Waals surface area contributed by atoms with E-state index in [1.54, 1.807) is 12.1 Å². The predicted molar refractivity (Wildman–Crippen MR) is 377 cm³/mol. The lowest BCUT2D eigenvalue weighted by atomic mass is 9.88. The minimum atomic E-state index is -1.95. The molecule has 488 valence electrons. The second-order valence-corrected chi connectivity index (χ2v) is 32.1. The molecule has 0 spiro atoms. The molecule has 0 radical (unpaired) electrons. The van der Waals surface area contributed by atoms with E-state index >= 15 is 0 Å². The van der Waals surface area contributed by atoms with Gasteiger partial charge < -0.3 is 38.7 Å². The number of aromatic carboxylic acids is 2. The quantitative estimate of drug-likeness (QED) is 0.0227. The van der Waals surface area contributed by atoms with Crippen LogP contribution in [0.5, 0.6) is 11.5 Å². The number of hydrogen-bond donors (Lipinski definition) is 4. The van der Waals surface area contributed by atoms with Crippen molar-refractivity contribution in [2.24, 2.45) is 11.8 Å². The standard InChI is InChI=1S/C44H59Cl2NO4Si.C31H39Cl2NO4/c1-8-10-16-32(17-11-9-2)28-38-41(35-22-25-40(37(46)30-35)50-31-34-18-13-12-14-19-34)42(43(48)49)39(29-33-20-23-36(45)24-21-33)47(38)26-15-27-51-52(6,7)44(3,4)5;1-3-5-8-21(9-6-4-2)18-26-29(23-12-15-28(36)25(33)20-23)30(31(37)38)27(34(26)16-7-17-35)19-22-10-13-24(32)14-11-22/h12-14,18-25,30,32H,8-11,15-17,26-29,31H2,1-7H3,(H,48,49);10-15,20-21,35-36H,3-9,16-19H2,1-2H3,(H,37,38). The number of carboxylic acids is 2. The number of aliphatic hydroxyl groups is 1. The molecule has 4 N–H and O–H groups in total. The maximum absolute atomic E-state index is 13.5. The monoisotopic (exact) mass is 1320 g/mol. The molecule has 5 aromatic carbocycles. The Bertz CT molecular complexity index is 3360. The summed E-state index contributed by atoms with van der Waals surface area (Å²) in [5.41, 5.74) is 10.0. The SMILES string of the molecule is CCCCC(CCCC)Cc1c(-c2ccc(O)c(Cl)c2)c(C(=O)O)c(Cc2ccc(Cl)cc2)n1CCCO.CCCCC(CCCC)Cc1c(-c2ccc(OCc3ccccc3)c(Cl)c2)c(C(=O)O)c(Cc2ccc(Cl)cc2)n1CCCO[Si](C)(C)C(C)(C)C. The van der Waals surface area contributed by atoms with Gasteiger partial charge in [-0.3, -0.25) is 0 Å². The second kappa shape index (κ2) is 36.1. The Labute approximate surface area is 558 Å². The number of phenolic OH excluding ortho intramolecular Hbond substituents is 1. The van der Waals surface area contributed by atoms with Gasteiger partial charge in [-0.25, -0.2) is 9.59 Å². The Morgan fingerprint density at radius 1 is 0.544 bits per heavy atom. The number of aromatic hydroxyl groups is 1. The van der Waals surface area contributed by atoms with Crippen molar-refractivity contribution in [3.8, 4) is 33.8 Å². The topological polar surface area (TPSA) is 143 Å². The number of unbranched alkanes of at least 4 members (excludes halogenated alkanes) is 4. The summed E-state index contributed by atoms with van der Waals surface area (Å²) in [7, 11) is -1.95. The van der Waals surface area contributed by atoms with E-state index in [4.69, 9.17) is 55.6 Å². The molecule has 0 amide bonds. The van der Waals surface area contributed by atoms with Gasteiger partial charge in [0.1, 0.15) is 18.1 Å². The van der Waals surface area contributed by atoms with E-state index in [1.807, 2.05) is 97.1 Å². The van der Waals surface area contributed by atoms with Crippen LogP contribution >= 0.6 is 46.4 Å². The minimum absolute atomic E-state index is 0.00980. The molecule has 90 heavy (non-hydrogen) atoms. The molecule has 10 nitrogen and oxygen atoms in total. The van der Waals surface area contributed by atoms with Crippen molar-refractivity contribution in [1.82, 2.24) is 9.13 Å². The van der Waals surface area contributed by atoms with Crippen LogP contribution in [-0.4, -0.2) is 63.0 Å². The molecule has 15 heteroatoms. The van der Waals surface area contributed by atoms with Crippen molar-refractivity contribution in [3.05, 3.63) is 186 Å². The molecule has 7 rings (SSSR count). The highest BCUT2D eigenvalue weighted by atomic mass is 35.5. The second-order valence-electron chi connectivity index (χ2n) is 25.6. The lowest BCUT2D eigenvalue weighted by Crippen LogP contribution is -2.41. The summed E-state index contributed by atoms with van der Waals surface area (Å²) in [6, 6.07) is 35.8. The predicted octanol–water partition coefficient (Wildman–Crippen LogP) is 21.7. The zero-order valence-corrected chi connectivity index (χ0v) is 58.7. The minimum Gasteiger partial charge on any atom is -0.506 e. The van der Waals surface area contributed by atoms with Crippen LogP contribution in [-0.2, 0) is 49.8 Å². The number of ether oxygens (including phenoxy) is 1. The molecule has 0 unspecified atom stereocenters. The maximum Gasteiger partial charge on any atom is 0.338 e. The zero-order valence-electron chi connectivity index (χ0n) is 54.7. The van der Waals surface area contributed by atoms with E-state index in [-0.39, 0.29) is 28.0 Å². The van der Waals surface area contributed by atoms with Crippen LogP contribution in [0.25, 0.3) is 22.3 Å². The van der Waals surface area contributed by atoms with Crippen molar-refractivity contribution < 1.29 is 39.2 Å². The van der Waals surface area contributed by atoms with Crippen LogP contribution in [0.1, 0.15) is 199 Å². The summed E-state index contributed by atoms with van der Waals surface area (Å²) in [4.78, 5) is 26.4. The number of carboxylic acid groups (broad SMARTS) is 2. The Hall–Kier alpha value is -5.50. The van der Waals surface area contributed by atoms with Crippen LogP contribution in [0.4, 0.5) is 0 Å². The zero-order chi connectivity index (χ0) is 65.5. The first-order valence-electron chi connectivity index (χ1n) is 32.7. The van der Waals surface area contributed by atoms with Gasteiger partial charge in [-0.05, 0) is 132 Å². The maximum atomic E-state index is 13.5. The van der Waals surface area contributed by atoms with Crippen molar-refractivity contribution >= 4 is 66.7 Å². The van der Waals surface area contributed by atoms with Crippen LogP contribution in [0.3, 0.4) is 0 Å². The lowest BCUT2D eigenvalue weighted by Gasteiger charge is -2.36. The molecule has 2 aromatic heterocycles. The number of hydrogen-bond acceptors (Lipinski definition) is 6. The van der Waals surface area contributed by atoms with Gasteiger partial charge in [-0.2, -0.15) is 0 Å². The number of nitrogens with zero attached hydrogens (tertiary/aromatic N) is 2. The average molecular weight is 1330 g/mol. The summed E-state index contributed by atoms with van der Waals surface area (Å²) >= 11 is 25.7. The van der Waals surface area contributed by atoms with E-state index in [0.29, 0.717) is 101 Å². The molecule has 0 aliphatic heterocycles. The number of carbonyl (C=O) groups is 2. The summed E-state index contributed by atoms with van der Waals surface area (Å²) < 4.78 is 17.2. The normalized spacial score (nSPS) is 11.8. The summed E-state index contributed by atoms with van der Waals surface area (Å²) in [6.45, 7) is 22.4. The van der Waals surface area contributed by atoms with Gasteiger partial charge in [0.25, 0.3) is 0 Å². The van der Waals surface area contributed by atoms with E-state index in [0.717, 1.165) is 141 Å². The number of benzene rings is 5. The molecule has 0 bridgehead atoms. The van der Waals surface area contributed by atoms with Crippen molar-refractivity contribution in [2.45, 2.75) is 202 Å². The molecular weight excluding hydrogens is 1230 g/mol. The highest BCUT2D eigenvalue weighted by Gasteiger charge is 2.37. The Morgan fingerprint density at radius 3 is 1.38 bits per heavy atom. The number of aromatic nitrogens is 2. The molecule has 0 atom stereocenters. The molecule has 0 saturated carbocycles. The number of phenols is 1. The van der Waals surface area contributed by atoms with Crippen LogP contribution in [0, 0.1) is 11.8 Å². The highest BCUT2D eigenvalue weighted by Crippen LogP contribution is 2.43. The van der Waals surface area contributed by atoms with Gasteiger partial charge in [0, 0.05) is 83.1 Å². The Balaban J connectivity index is 0.000000301. The van der Waals surface area contributed by atoms with Crippen molar-refractivity contribution in [1.29, 1.82) is 0 Å². The van der Waals surface area contributed by atoms with Crippen LogP contribution in [0.15, 0.2) is 115 Å². The smallest absolute Gasteiger partial charge is 0.338 e. The van der Waals surface area contributed by atoms with Crippen LogP contribution < -0.4 is 4.74 Å². The van der Waals surface area contributed by atoms with Gasteiger partial charge in [0.15, 0.2) is 8.32 Å². The highest BCUT2D eigenvalue weighted by molar-refractivity contribution is 6.74. The van der Waals surface area contributed by atoms with Gasteiger partial charge in [-0.15, -0.1) is 0 Å². The number of aliphatic hydroxyl groups excluding tert-OH is 1. The van der Waals surface area contributed by atoms with Gasteiger partial charge >= 0.3 is 11.9 Å². The largest absolute Gasteiger partial charge is 0.506 e. The Morgan fingerprint density at radius 2 is 0.978 bits per heavy atom. The fraction of sp³-hybridized carbons (Fsp3) is 0.467. The fourth-order valence-electron chi connectivity index (χ4n) is 11.8. The summed E-state index contributed by atoms with van der Waals surface area (Å²) in [6.07, 6.45) is 17.1. The van der Waals surface area contributed by atoms with E-state index in [9.17, 15) is 30.0 Å². The molecular formula is C75H98Cl4N2O8Si. The van der Waals surface area contributed by atoms with Crippen LogP contribution in [0.2, 0.25) is 38.2 Å². The molecule has 0 fully saturated rings. The third-order valence-corrected chi connectivity index (χ3v) is 23.5. The average Bonchev–Trinajstić information content (AvgIpc) is 1.62. The van der Waals surface area contributed by atoms with Crippen molar-refractivity contribution in [2.75, 3.05) is 13.2 Å².